The molecule has 2 heterocycles. The van der Waals surface area contributed by atoms with Crippen molar-refractivity contribution in [3.8, 4) is 11.1 Å². The number of rotatable bonds is 4. The van der Waals surface area contributed by atoms with Gasteiger partial charge in [-0.05, 0) is 12.5 Å². The molecule has 5 nitrogen and oxygen atoms in total. The molecule has 23 heavy (non-hydrogen) atoms. The predicted molar refractivity (Wildman–Crippen MR) is 84.6 cm³/mol. The lowest BCUT2D eigenvalue weighted by molar-refractivity contribution is -0.136. The molecule has 1 aromatic heterocycles. The summed E-state index contributed by atoms with van der Waals surface area (Å²) < 4.78 is 13.8. The molecule has 118 valence electrons. The fourth-order valence-corrected chi connectivity index (χ4v) is 2.57. The minimum absolute atomic E-state index is 0.0842. The Morgan fingerprint density at radius 3 is 2.61 bits per heavy atom. The van der Waals surface area contributed by atoms with Gasteiger partial charge in [0.1, 0.15) is 5.82 Å². The van der Waals surface area contributed by atoms with E-state index in [1.165, 1.54) is 6.07 Å². The molecule has 0 amide bonds. The van der Waals surface area contributed by atoms with Crippen molar-refractivity contribution in [2.24, 2.45) is 0 Å². The summed E-state index contributed by atoms with van der Waals surface area (Å²) in [6.45, 7) is 1.26. The summed E-state index contributed by atoms with van der Waals surface area (Å²) in [5.41, 5.74) is 2.03. The number of benzene rings is 1. The summed E-state index contributed by atoms with van der Waals surface area (Å²) in [4.78, 5) is 21.3. The molecule has 1 N–H and O–H groups in total. The number of aliphatic carboxylic acids is 1. The van der Waals surface area contributed by atoms with E-state index in [0.29, 0.717) is 36.6 Å². The van der Waals surface area contributed by atoms with Gasteiger partial charge in [0.25, 0.3) is 0 Å². The maximum absolute atomic E-state index is 13.8. The van der Waals surface area contributed by atoms with Crippen molar-refractivity contribution in [2.45, 2.75) is 12.8 Å². The number of hydrogen-bond acceptors (Lipinski definition) is 4. The normalized spacial score (nSPS) is 14.5. The van der Waals surface area contributed by atoms with Crippen molar-refractivity contribution in [2.75, 3.05) is 18.0 Å². The van der Waals surface area contributed by atoms with Crippen molar-refractivity contribution in [1.82, 2.24) is 9.97 Å². The Morgan fingerprint density at radius 2 is 2.00 bits per heavy atom. The molecule has 0 saturated carbocycles. The Labute approximate surface area is 133 Å². The van der Waals surface area contributed by atoms with Gasteiger partial charge in [0.2, 0.25) is 5.95 Å². The third kappa shape index (κ3) is 3.53. The Morgan fingerprint density at radius 1 is 1.26 bits per heavy atom. The summed E-state index contributed by atoms with van der Waals surface area (Å²) in [7, 11) is 0. The number of carboxylic acid groups (broad SMARTS) is 1. The highest BCUT2D eigenvalue weighted by atomic mass is 19.1. The second kappa shape index (κ2) is 6.56. The van der Waals surface area contributed by atoms with Crippen molar-refractivity contribution >= 4 is 11.9 Å². The summed E-state index contributed by atoms with van der Waals surface area (Å²) in [6, 6.07) is 6.51. The molecular formula is C17H16FN3O2. The smallest absolute Gasteiger partial charge is 0.307 e. The number of hydrogen-bond donors (Lipinski definition) is 1. The van der Waals surface area contributed by atoms with Gasteiger partial charge in [0, 0.05) is 36.6 Å². The third-order valence-electron chi connectivity index (χ3n) is 3.79. The van der Waals surface area contributed by atoms with E-state index in [1.807, 2.05) is 11.0 Å². The van der Waals surface area contributed by atoms with Gasteiger partial charge in [-0.2, -0.15) is 0 Å². The maximum atomic E-state index is 13.8. The highest BCUT2D eigenvalue weighted by Gasteiger charge is 2.16. The summed E-state index contributed by atoms with van der Waals surface area (Å²) in [5, 5.41) is 8.80. The first-order valence-corrected chi connectivity index (χ1v) is 7.35. The first-order chi connectivity index (χ1) is 11.1. The van der Waals surface area contributed by atoms with Gasteiger partial charge in [0.05, 0.1) is 6.42 Å². The molecule has 3 rings (SSSR count). The van der Waals surface area contributed by atoms with Gasteiger partial charge in [0.15, 0.2) is 0 Å². The van der Waals surface area contributed by atoms with Gasteiger partial charge < -0.3 is 10.0 Å². The van der Waals surface area contributed by atoms with Crippen LogP contribution in [0.2, 0.25) is 0 Å². The van der Waals surface area contributed by atoms with Crippen LogP contribution in [0.15, 0.2) is 48.3 Å². The van der Waals surface area contributed by atoms with E-state index in [9.17, 15) is 9.18 Å². The zero-order chi connectivity index (χ0) is 16.2. The molecule has 0 radical (unpaired) electrons. The fraction of sp³-hybridized carbons (Fsp3) is 0.235. The molecule has 1 aliphatic heterocycles. The Balaban J connectivity index is 1.73. The SMILES string of the molecule is O=C(O)CC1=CCN(c2ncc(-c3ccccc3F)cn2)CC1. The van der Waals surface area contributed by atoms with Crippen LogP contribution in [0.3, 0.4) is 0 Å². The van der Waals surface area contributed by atoms with Crippen molar-refractivity contribution in [1.29, 1.82) is 0 Å². The van der Waals surface area contributed by atoms with Crippen LogP contribution < -0.4 is 4.90 Å². The van der Waals surface area contributed by atoms with Crippen LogP contribution in [-0.4, -0.2) is 34.1 Å². The lowest BCUT2D eigenvalue weighted by Crippen LogP contribution is -2.30. The van der Waals surface area contributed by atoms with Gasteiger partial charge in [-0.15, -0.1) is 0 Å². The van der Waals surface area contributed by atoms with Crippen LogP contribution >= 0.6 is 0 Å². The zero-order valence-electron chi connectivity index (χ0n) is 12.4. The molecule has 0 fully saturated rings. The molecule has 6 heteroatoms. The maximum Gasteiger partial charge on any atom is 0.307 e. The van der Waals surface area contributed by atoms with Crippen LogP contribution in [0.5, 0.6) is 0 Å². The van der Waals surface area contributed by atoms with E-state index in [0.717, 1.165) is 5.57 Å². The highest BCUT2D eigenvalue weighted by molar-refractivity contribution is 5.70. The van der Waals surface area contributed by atoms with Crippen molar-refractivity contribution < 1.29 is 14.3 Å². The Hall–Kier alpha value is -2.76. The lowest BCUT2D eigenvalue weighted by atomic mass is 10.1. The molecule has 0 atom stereocenters. The molecule has 0 saturated heterocycles. The van der Waals surface area contributed by atoms with Crippen LogP contribution in [0.25, 0.3) is 11.1 Å². The molecule has 0 aliphatic carbocycles. The molecule has 0 bridgehead atoms. The lowest BCUT2D eigenvalue weighted by Gasteiger charge is -2.26. The van der Waals surface area contributed by atoms with E-state index in [1.54, 1.807) is 30.6 Å². The van der Waals surface area contributed by atoms with Crippen LogP contribution in [0.1, 0.15) is 12.8 Å². The molecular weight excluding hydrogens is 297 g/mol. The zero-order valence-corrected chi connectivity index (χ0v) is 12.4. The minimum Gasteiger partial charge on any atom is -0.481 e. The Kier molecular flexibility index (Phi) is 4.32. The molecule has 1 aromatic carbocycles. The quantitative estimate of drug-likeness (QED) is 0.879. The summed E-state index contributed by atoms with van der Waals surface area (Å²) in [5.74, 6) is -0.547. The fourth-order valence-electron chi connectivity index (χ4n) is 2.57. The van der Waals surface area contributed by atoms with Gasteiger partial charge in [-0.1, -0.05) is 29.8 Å². The first-order valence-electron chi connectivity index (χ1n) is 7.35. The minimum atomic E-state index is -0.810. The van der Waals surface area contributed by atoms with Crippen LogP contribution in [0.4, 0.5) is 10.3 Å². The van der Waals surface area contributed by atoms with E-state index in [4.69, 9.17) is 5.11 Å². The van der Waals surface area contributed by atoms with Crippen LogP contribution in [0, 0.1) is 5.82 Å². The van der Waals surface area contributed by atoms with E-state index >= 15 is 0 Å². The number of anilines is 1. The van der Waals surface area contributed by atoms with Gasteiger partial charge in [-0.25, -0.2) is 14.4 Å². The highest BCUT2D eigenvalue weighted by Crippen LogP contribution is 2.23. The second-order valence-corrected chi connectivity index (χ2v) is 5.38. The van der Waals surface area contributed by atoms with Crippen LogP contribution in [-0.2, 0) is 4.79 Å². The van der Waals surface area contributed by atoms with E-state index in [-0.39, 0.29) is 12.2 Å². The van der Waals surface area contributed by atoms with Crippen molar-refractivity contribution in [3.05, 3.63) is 54.1 Å². The molecule has 1 aliphatic rings. The number of aromatic nitrogens is 2. The second-order valence-electron chi connectivity index (χ2n) is 5.38. The monoisotopic (exact) mass is 313 g/mol. The standard InChI is InChI=1S/C17H16FN3O2/c18-15-4-2-1-3-14(15)13-10-19-17(20-11-13)21-7-5-12(6-8-21)9-16(22)23/h1-5,10-11H,6-9H2,(H,22,23). The Bertz CT molecular complexity index is 744. The van der Waals surface area contributed by atoms with E-state index < -0.39 is 5.97 Å². The van der Waals surface area contributed by atoms with Crippen molar-refractivity contribution in [3.63, 3.8) is 0 Å². The average molecular weight is 313 g/mol. The predicted octanol–water partition coefficient (Wildman–Crippen LogP) is 2.89. The van der Waals surface area contributed by atoms with Gasteiger partial charge >= 0.3 is 5.97 Å². The molecule has 0 spiro atoms. The van der Waals surface area contributed by atoms with Gasteiger partial charge in [-0.3, -0.25) is 4.79 Å². The summed E-state index contributed by atoms with van der Waals surface area (Å²) >= 11 is 0. The summed E-state index contributed by atoms with van der Waals surface area (Å²) in [6.07, 6.45) is 5.89. The number of nitrogens with zero attached hydrogens (tertiary/aromatic N) is 3. The molecule has 0 unspecified atom stereocenters. The molecule has 2 aromatic rings. The first kappa shape index (κ1) is 15.1. The number of carbonyl (C=O) groups is 1. The van der Waals surface area contributed by atoms with E-state index in [2.05, 4.69) is 9.97 Å². The number of halogens is 1. The largest absolute Gasteiger partial charge is 0.481 e. The average Bonchev–Trinajstić information content (AvgIpc) is 2.56. The third-order valence-corrected chi connectivity index (χ3v) is 3.79. The number of carboxylic acids is 1. The topological polar surface area (TPSA) is 66.3 Å².